The molecular formula is C13H20N4O2. The molecule has 1 N–H and O–H groups in total. The molecule has 19 heavy (non-hydrogen) atoms. The zero-order valence-corrected chi connectivity index (χ0v) is 11.3. The lowest BCUT2D eigenvalue weighted by molar-refractivity contribution is 0.0931. The molecule has 0 atom stereocenters. The maximum absolute atomic E-state index is 11.7. The zero-order valence-electron chi connectivity index (χ0n) is 11.3. The van der Waals surface area contributed by atoms with Crippen LogP contribution in [0.15, 0.2) is 12.1 Å². The van der Waals surface area contributed by atoms with Crippen LogP contribution in [0, 0.1) is 0 Å². The number of rotatable bonds is 5. The molecule has 0 bridgehead atoms. The first-order valence-electron chi connectivity index (χ1n) is 6.67. The summed E-state index contributed by atoms with van der Waals surface area (Å²) in [6, 6.07) is 3.59. The van der Waals surface area contributed by atoms with Crippen LogP contribution in [0.5, 0.6) is 0 Å². The summed E-state index contributed by atoms with van der Waals surface area (Å²) in [6.45, 7) is 3.01. The molecule has 1 amide bonds. The minimum Gasteiger partial charge on any atom is -0.383 e. The van der Waals surface area contributed by atoms with Crippen molar-refractivity contribution < 1.29 is 9.53 Å². The lowest BCUT2D eigenvalue weighted by atomic mass is 10.1. The van der Waals surface area contributed by atoms with Gasteiger partial charge >= 0.3 is 0 Å². The number of nitrogens with zero attached hydrogens (tertiary/aromatic N) is 3. The minimum atomic E-state index is -0.213. The molecule has 6 heteroatoms. The molecule has 0 aromatic carbocycles. The molecule has 0 saturated carbocycles. The lowest BCUT2D eigenvalue weighted by Gasteiger charge is -2.27. The smallest absolute Gasteiger partial charge is 0.271 e. The number of aromatic nitrogens is 2. The molecule has 2 rings (SSSR count). The summed E-state index contributed by atoms with van der Waals surface area (Å²) in [5, 5.41) is 10.8. The van der Waals surface area contributed by atoms with Crippen molar-refractivity contribution in [3.05, 3.63) is 17.8 Å². The Morgan fingerprint density at radius 2 is 2.11 bits per heavy atom. The van der Waals surface area contributed by atoms with Crippen molar-refractivity contribution in [3.8, 4) is 0 Å². The van der Waals surface area contributed by atoms with Gasteiger partial charge in [-0.25, -0.2) is 0 Å². The molecule has 6 nitrogen and oxygen atoms in total. The second kappa shape index (κ2) is 7.04. The predicted molar refractivity (Wildman–Crippen MR) is 72.3 cm³/mol. The second-order valence-corrected chi connectivity index (χ2v) is 4.57. The largest absolute Gasteiger partial charge is 0.383 e. The van der Waals surface area contributed by atoms with Crippen molar-refractivity contribution in [1.82, 2.24) is 15.5 Å². The van der Waals surface area contributed by atoms with Crippen LogP contribution in [0.2, 0.25) is 0 Å². The van der Waals surface area contributed by atoms with E-state index in [1.807, 2.05) is 6.07 Å². The van der Waals surface area contributed by atoms with Gasteiger partial charge in [0.25, 0.3) is 5.91 Å². The van der Waals surface area contributed by atoms with Gasteiger partial charge in [-0.15, -0.1) is 10.2 Å². The molecule has 0 radical (unpaired) electrons. The van der Waals surface area contributed by atoms with Crippen molar-refractivity contribution in [2.24, 2.45) is 0 Å². The Morgan fingerprint density at radius 3 is 2.74 bits per heavy atom. The van der Waals surface area contributed by atoms with E-state index in [1.165, 1.54) is 19.3 Å². The van der Waals surface area contributed by atoms with Crippen LogP contribution in [0.4, 0.5) is 5.82 Å². The number of carbonyl (C=O) groups is 1. The van der Waals surface area contributed by atoms with Crippen LogP contribution in [0.3, 0.4) is 0 Å². The molecule has 1 aromatic heterocycles. The summed E-state index contributed by atoms with van der Waals surface area (Å²) in [5.41, 5.74) is 0.344. The summed E-state index contributed by atoms with van der Waals surface area (Å²) in [5.74, 6) is 0.642. The fourth-order valence-corrected chi connectivity index (χ4v) is 2.10. The predicted octanol–water partition coefficient (Wildman–Crippen LogP) is 0.843. The zero-order chi connectivity index (χ0) is 13.5. The number of ether oxygens (including phenoxy) is 1. The molecule has 1 aliphatic heterocycles. The normalized spacial score (nSPS) is 15.3. The highest BCUT2D eigenvalue weighted by atomic mass is 16.5. The van der Waals surface area contributed by atoms with E-state index < -0.39 is 0 Å². The van der Waals surface area contributed by atoms with Gasteiger partial charge in [0.15, 0.2) is 11.5 Å². The van der Waals surface area contributed by atoms with Gasteiger partial charge in [-0.1, -0.05) is 0 Å². The third kappa shape index (κ3) is 3.89. The fraction of sp³-hybridized carbons (Fsp3) is 0.615. The average molecular weight is 264 g/mol. The molecule has 1 aromatic rings. The Hall–Kier alpha value is -1.69. The summed E-state index contributed by atoms with van der Waals surface area (Å²) in [4.78, 5) is 13.9. The molecule has 104 valence electrons. The fourth-order valence-electron chi connectivity index (χ4n) is 2.10. The van der Waals surface area contributed by atoms with Crippen molar-refractivity contribution in [1.29, 1.82) is 0 Å². The Kier molecular flexibility index (Phi) is 5.09. The summed E-state index contributed by atoms with van der Waals surface area (Å²) in [7, 11) is 1.60. The van der Waals surface area contributed by atoms with E-state index in [0.29, 0.717) is 18.8 Å². The molecule has 1 saturated heterocycles. The van der Waals surface area contributed by atoms with Crippen LogP contribution in [-0.2, 0) is 4.74 Å². The van der Waals surface area contributed by atoms with Gasteiger partial charge in [0, 0.05) is 26.7 Å². The topological polar surface area (TPSA) is 67.3 Å². The Morgan fingerprint density at radius 1 is 1.32 bits per heavy atom. The first-order chi connectivity index (χ1) is 9.31. The van der Waals surface area contributed by atoms with Gasteiger partial charge in [-0.3, -0.25) is 4.79 Å². The Balaban J connectivity index is 1.91. The average Bonchev–Trinajstić information content (AvgIpc) is 2.48. The van der Waals surface area contributed by atoms with Crippen molar-refractivity contribution in [2.45, 2.75) is 19.3 Å². The van der Waals surface area contributed by atoms with Gasteiger partial charge in [-0.05, 0) is 31.4 Å². The number of hydrogen-bond acceptors (Lipinski definition) is 5. The highest BCUT2D eigenvalue weighted by Gasteiger charge is 2.13. The molecule has 1 fully saturated rings. The quantitative estimate of drug-likeness (QED) is 0.798. The van der Waals surface area contributed by atoms with Gasteiger partial charge in [0.05, 0.1) is 6.61 Å². The summed E-state index contributed by atoms with van der Waals surface area (Å²) in [6.07, 6.45) is 3.67. The molecular weight excluding hydrogens is 244 g/mol. The third-order valence-electron chi connectivity index (χ3n) is 3.15. The molecule has 0 spiro atoms. The number of anilines is 1. The van der Waals surface area contributed by atoms with E-state index in [9.17, 15) is 4.79 Å². The van der Waals surface area contributed by atoms with E-state index in [-0.39, 0.29) is 5.91 Å². The van der Waals surface area contributed by atoms with E-state index >= 15 is 0 Å². The number of carbonyl (C=O) groups excluding carboxylic acids is 1. The third-order valence-corrected chi connectivity index (χ3v) is 3.15. The van der Waals surface area contributed by atoms with Crippen molar-refractivity contribution >= 4 is 11.7 Å². The maximum Gasteiger partial charge on any atom is 0.271 e. The maximum atomic E-state index is 11.7. The monoisotopic (exact) mass is 264 g/mol. The Labute approximate surface area is 113 Å². The first-order valence-corrected chi connectivity index (χ1v) is 6.67. The SMILES string of the molecule is COCCNC(=O)c1ccc(N2CCCCC2)nn1. The van der Waals surface area contributed by atoms with Crippen LogP contribution in [0.25, 0.3) is 0 Å². The summed E-state index contributed by atoms with van der Waals surface area (Å²) < 4.78 is 4.87. The number of amides is 1. The van der Waals surface area contributed by atoms with Gasteiger partial charge in [0.2, 0.25) is 0 Å². The van der Waals surface area contributed by atoms with Crippen LogP contribution in [0.1, 0.15) is 29.8 Å². The molecule has 2 heterocycles. The number of hydrogen-bond donors (Lipinski definition) is 1. The van der Waals surface area contributed by atoms with Gasteiger partial charge in [0.1, 0.15) is 0 Å². The van der Waals surface area contributed by atoms with E-state index in [4.69, 9.17) is 4.74 Å². The van der Waals surface area contributed by atoms with Gasteiger partial charge in [-0.2, -0.15) is 0 Å². The highest BCUT2D eigenvalue weighted by Crippen LogP contribution is 2.16. The van der Waals surface area contributed by atoms with Crippen LogP contribution < -0.4 is 10.2 Å². The summed E-state index contributed by atoms with van der Waals surface area (Å²) >= 11 is 0. The van der Waals surface area contributed by atoms with Crippen LogP contribution in [-0.4, -0.2) is 49.5 Å². The first kappa shape index (κ1) is 13.7. The van der Waals surface area contributed by atoms with Crippen molar-refractivity contribution in [3.63, 3.8) is 0 Å². The number of nitrogens with one attached hydrogen (secondary N) is 1. The molecule has 0 unspecified atom stereocenters. The number of methoxy groups -OCH3 is 1. The second-order valence-electron chi connectivity index (χ2n) is 4.57. The Bertz CT molecular complexity index is 402. The van der Waals surface area contributed by atoms with E-state index in [0.717, 1.165) is 18.9 Å². The lowest BCUT2D eigenvalue weighted by Crippen LogP contribution is -2.31. The molecule has 0 aliphatic carbocycles. The standard InChI is InChI=1S/C13H20N4O2/c1-19-10-7-14-13(18)11-5-6-12(16-15-11)17-8-3-2-4-9-17/h5-6H,2-4,7-10H2,1H3,(H,14,18). The van der Waals surface area contributed by atoms with Gasteiger partial charge < -0.3 is 15.0 Å². The van der Waals surface area contributed by atoms with E-state index in [2.05, 4.69) is 20.4 Å². The highest BCUT2D eigenvalue weighted by molar-refractivity contribution is 5.92. The molecule has 1 aliphatic rings. The minimum absolute atomic E-state index is 0.213. The number of piperidine rings is 1. The van der Waals surface area contributed by atoms with E-state index in [1.54, 1.807) is 13.2 Å². The van der Waals surface area contributed by atoms with Crippen LogP contribution >= 0.6 is 0 Å². The van der Waals surface area contributed by atoms with Crippen molar-refractivity contribution in [2.75, 3.05) is 38.3 Å².